The number of fused-ring (bicyclic) bond motifs is 2. The SMILES string of the molecule is C1=CCCC(N(c2ccccc2)c2ccc(C=Cc3ccc4cc5ccccc5cc4c3)cc2)=C1. The quantitative estimate of drug-likeness (QED) is 0.191. The van der Waals surface area contributed by atoms with E-state index < -0.39 is 0 Å². The van der Waals surface area contributed by atoms with Crippen molar-refractivity contribution in [2.24, 2.45) is 0 Å². The van der Waals surface area contributed by atoms with Gasteiger partial charge < -0.3 is 4.90 Å². The molecule has 35 heavy (non-hydrogen) atoms. The number of benzene rings is 5. The molecule has 0 aliphatic heterocycles. The van der Waals surface area contributed by atoms with Crippen molar-refractivity contribution in [3.8, 4) is 0 Å². The highest BCUT2D eigenvalue weighted by atomic mass is 15.1. The second-order valence-corrected chi connectivity index (χ2v) is 9.03. The summed E-state index contributed by atoms with van der Waals surface area (Å²) in [5.41, 5.74) is 6.11. The second-order valence-electron chi connectivity index (χ2n) is 9.03. The molecule has 0 aromatic heterocycles. The summed E-state index contributed by atoms with van der Waals surface area (Å²) in [6.45, 7) is 0. The maximum absolute atomic E-state index is 2.37. The number of anilines is 2. The van der Waals surface area contributed by atoms with Gasteiger partial charge in [0.25, 0.3) is 0 Å². The van der Waals surface area contributed by atoms with Crippen LogP contribution in [0.3, 0.4) is 0 Å². The van der Waals surface area contributed by atoms with Gasteiger partial charge in [-0.2, -0.15) is 0 Å². The van der Waals surface area contributed by atoms with Crippen molar-refractivity contribution < 1.29 is 0 Å². The molecular weight excluding hydrogens is 422 g/mol. The zero-order valence-electron chi connectivity index (χ0n) is 19.6. The molecule has 1 heteroatoms. The Kier molecular flexibility index (Phi) is 5.74. The minimum absolute atomic E-state index is 1.05. The molecule has 1 aliphatic rings. The van der Waals surface area contributed by atoms with Crippen LogP contribution in [-0.4, -0.2) is 0 Å². The van der Waals surface area contributed by atoms with Crippen molar-refractivity contribution in [2.75, 3.05) is 4.90 Å². The van der Waals surface area contributed by atoms with Crippen LogP contribution in [0.4, 0.5) is 11.4 Å². The van der Waals surface area contributed by atoms with Crippen molar-refractivity contribution in [3.63, 3.8) is 0 Å². The van der Waals surface area contributed by atoms with Crippen LogP contribution < -0.4 is 4.90 Å². The monoisotopic (exact) mass is 449 g/mol. The van der Waals surface area contributed by atoms with Gasteiger partial charge in [-0.25, -0.2) is 0 Å². The number of nitrogens with zero attached hydrogens (tertiary/aromatic N) is 1. The Hall–Kier alpha value is -4.36. The van der Waals surface area contributed by atoms with Gasteiger partial charge in [-0.15, -0.1) is 0 Å². The van der Waals surface area contributed by atoms with E-state index in [0.29, 0.717) is 0 Å². The summed E-state index contributed by atoms with van der Waals surface area (Å²) >= 11 is 0. The average Bonchev–Trinajstić information content (AvgIpc) is 2.93. The van der Waals surface area contributed by atoms with Gasteiger partial charge >= 0.3 is 0 Å². The van der Waals surface area contributed by atoms with Gasteiger partial charge in [0, 0.05) is 17.1 Å². The summed E-state index contributed by atoms with van der Waals surface area (Å²) in [6, 6.07) is 39.3. The van der Waals surface area contributed by atoms with Crippen molar-refractivity contribution in [1.29, 1.82) is 0 Å². The maximum atomic E-state index is 2.37. The van der Waals surface area contributed by atoms with Gasteiger partial charge in [-0.05, 0) is 94.1 Å². The van der Waals surface area contributed by atoms with E-state index in [4.69, 9.17) is 0 Å². The van der Waals surface area contributed by atoms with Crippen LogP contribution in [0.25, 0.3) is 33.7 Å². The van der Waals surface area contributed by atoms with E-state index in [2.05, 4.69) is 144 Å². The predicted molar refractivity (Wildman–Crippen MR) is 152 cm³/mol. The fourth-order valence-corrected chi connectivity index (χ4v) is 4.82. The molecule has 0 unspecified atom stereocenters. The van der Waals surface area contributed by atoms with Crippen LogP contribution >= 0.6 is 0 Å². The molecule has 168 valence electrons. The zero-order valence-corrected chi connectivity index (χ0v) is 19.6. The van der Waals surface area contributed by atoms with Gasteiger partial charge in [-0.1, -0.05) is 91.0 Å². The molecule has 1 nitrogen and oxygen atoms in total. The third kappa shape index (κ3) is 4.54. The van der Waals surface area contributed by atoms with E-state index in [1.807, 2.05) is 0 Å². The van der Waals surface area contributed by atoms with Crippen LogP contribution in [0.5, 0.6) is 0 Å². The van der Waals surface area contributed by atoms with Crippen molar-refractivity contribution in [3.05, 3.63) is 144 Å². The minimum Gasteiger partial charge on any atom is -0.314 e. The van der Waals surface area contributed by atoms with Gasteiger partial charge in [0.05, 0.1) is 0 Å². The van der Waals surface area contributed by atoms with E-state index in [1.165, 1.54) is 49.7 Å². The summed E-state index contributed by atoms with van der Waals surface area (Å²) in [6.07, 6.45) is 13.2. The second kappa shape index (κ2) is 9.48. The molecule has 5 aromatic carbocycles. The molecular formula is C34H27N. The maximum Gasteiger partial charge on any atom is 0.0458 e. The first kappa shape index (κ1) is 21.2. The third-order valence-corrected chi connectivity index (χ3v) is 6.64. The lowest BCUT2D eigenvalue weighted by atomic mass is 10.0. The smallest absolute Gasteiger partial charge is 0.0458 e. The topological polar surface area (TPSA) is 3.24 Å². The molecule has 0 spiro atoms. The molecule has 0 fully saturated rings. The molecule has 0 saturated carbocycles. The number of hydrogen-bond acceptors (Lipinski definition) is 1. The van der Waals surface area contributed by atoms with Crippen LogP contribution in [-0.2, 0) is 0 Å². The highest BCUT2D eigenvalue weighted by Crippen LogP contribution is 2.33. The van der Waals surface area contributed by atoms with E-state index in [9.17, 15) is 0 Å². The summed E-state index contributed by atoms with van der Waals surface area (Å²) < 4.78 is 0. The number of para-hydroxylation sites is 1. The first-order chi connectivity index (χ1) is 17.3. The molecule has 5 aromatic rings. The van der Waals surface area contributed by atoms with Gasteiger partial charge in [0.2, 0.25) is 0 Å². The Labute approximate surface area is 207 Å². The molecule has 0 N–H and O–H groups in total. The summed E-state index contributed by atoms with van der Waals surface area (Å²) in [7, 11) is 0. The average molecular weight is 450 g/mol. The molecule has 6 rings (SSSR count). The summed E-state index contributed by atoms with van der Waals surface area (Å²) in [5.74, 6) is 0. The Bertz CT molecular complexity index is 1570. The lowest BCUT2D eigenvalue weighted by Crippen LogP contribution is -2.17. The molecule has 0 bridgehead atoms. The zero-order chi connectivity index (χ0) is 23.5. The van der Waals surface area contributed by atoms with Crippen LogP contribution in [0.15, 0.2) is 133 Å². The van der Waals surface area contributed by atoms with Crippen molar-refractivity contribution in [2.45, 2.75) is 12.8 Å². The van der Waals surface area contributed by atoms with Crippen molar-refractivity contribution >= 4 is 45.1 Å². The van der Waals surface area contributed by atoms with E-state index in [1.54, 1.807) is 0 Å². The van der Waals surface area contributed by atoms with Gasteiger partial charge in [0.1, 0.15) is 0 Å². The minimum atomic E-state index is 1.05. The lowest BCUT2D eigenvalue weighted by Gasteiger charge is -2.28. The molecule has 0 heterocycles. The van der Waals surface area contributed by atoms with Crippen LogP contribution in [0.2, 0.25) is 0 Å². The van der Waals surface area contributed by atoms with Gasteiger partial charge in [0.15, 0.2) is 0 Å². The Morgan fingerprint density at radius 1 is 0.543 bits per heavy atom. The largest absolute Gasteiger partial charge is 0.314 e. The van der Waals surface area contributed by atoms with E-state index in [-0.39, 0.29) is 0 Å². The van der Waals surface area contributed by atoms with Crippen LogP contribution in [0, 0.1) is 0 Å². The van der Waals surface area contributed by atoms with E-state index >= 15 is 0 Å². The number of allylic oxidation sites excluding steroid dienone is 4. The summed E-state index contributed by atoms with van der Waals surface area (Å²) in [4.78, 5) is 2.37. The molecule has 0 saturated heterocycles. The Morgan fingerprint density at radius 3 is 1.91 bits per heavy atom. The lowest BCUT2D eigenvalue weighted by molar-refractivity contribution is 0.917. The van der Waals surface area contributed by atoms with E-state index in [0.717, 1.165) is 12.8 Å². The highest BCUT2D eigenvalue weighted by Gasteiger charge is 2.14. The fraction of sp³-hybridized carbons (Fsp3) is 0.0588. The van der Waals surface area contributed by atoms with Crippen LogP contribution in [0.1, 0.15) is 24.0 Å². The number of hydrogen-bond donors (Lipinski definition) is 0. The molecule has 0 atom stereocenters. The Balaban J connectivity index is 1.27. The third-order valence-electron chi connectivity index (χ3n) is 6.64. The first-order valence-electron chi connectivity index (χ1n) is 12.3. The number of rotatable bonds is 5. The Morgan fingerprint density at radius 2 is 1.17 bits per heavy atom. The molecule has 0 amide bonds. The fourth-order valence-electron chi connectivity index (χ4n) is 4.82. The predicted octanol–water partition coefficient (Wildman–Crippen LogP) is 9.54. The van der Waals surface area contributed by atoms with Crippen molar-refractivity contribution in [1.82, 2.24) is 0 Å². The standard InChI is InChI=1S/C34H27N/c1-3-11-32(12-4-1)35(33-13-5-2-6-14-33)34-21-18-26(19-22-34)15-16-27-17-20-30-24-28-9-7-8-10-29(28)25-31(30)23-27/h1-5,7-13,15-25H,6,14H2. The highest BCUT2D eigenvalue weighted by molar-refractivity contribution is 5.99. The van der Waals surface area contributed by atoms with Gasteiger partial charge in [-0.3, -0.25) is 0 Å². The molecule has 0 radical (unpaired) electrons. The first-order valence-corrected chi connectivity index (χ1v) is 12.3. The normalized spacial score (nSPS) is 13.4. The molecule has 1 aliphatic carbocycles. The summed E-state index contributed by atoms with van der Waals surface area (Å²) in [5, 5.41) is 5.11.